The summed E-state index contributed by atoms with van der Waals surface area (Å²) in [6.07, 6.45) is 10.6. The first-order valence-electron chi connectivity index (χ1n) is 10.7. The number of nitrogens with zero attached hydrogens (tertiary/aromatic N) is 4. The Morgan fingerprint density at radius 3 is 2.62 bits per heavy atom. The Kier molecular flexibility index (Phi) is 6.84. The molecule has 2 aliphatic carbocycles. The van der Waals surface area contributed by atoms with Crippen LogP contribution >= 0.6 is 0 Å². The van der Waals surface area contributed by atoms with Gasteiger partial charge in [-0.3, -0.25) is 0 Å². The normalized spacial score (nSPS) is 21.7. The van der Waals surface area contributed by atoms with Gasteiger partial charge in [-0.1, -0.05) is 0 Å². The minimum absolute atomic E-state index is 0.409. The molecule has 0 aliphatic heterocycles. The van der Waals surface area contributed by atoms with Crippen LogP contribution in [-0.4, -0.2) is 58.8 Å². The number of nitrogens with one attached hydrogen (secondary N) is 3. The Balaban J connectivity index is 1.31. The van der Waals surface area contributed by atoms with Crippen molar-refractivity contribution in [3.8, 4) is 11.4 Å². The molecule has 2 fully saturated rings. The summed E-state index contributed by atoms with van der Waals surface area (Å²) in [5, 5.41) is 10.5. The summed E-state index contributed by atoms with van der Waals surface area (Å²) in [6.45, 7) is 2.66. The molecule has 0 atom stereocenters. The van der Waals surface area contributed by atoms with Gasteiger partial charge < -0.3 is 20.7 Å². The highest BCUT2D eigenvalue weighted by Crippen LogP contribution is 2.29. The summed E-state index contributed by atoms with van der Waals surface area (Å²) in [5.74, 6) is 2.33. The number of ether oxygens (including phenoxy) is 1. The molecule has 8 heteroatoms. The number of hydrogen-bond acceptors (Lipinski definition) is 8. The minimum Gasteiger partial charge on any atom is -0.383 e. The number of hydrogen-bond donors (Lipinski definition) is 3. The SMILES string of the molecule is COCCNC1CCC(Nc2nccc(-c3cc(NCC4CC4)ncn3)n2)CC1. The third-order valence-corrected chi connectivity index (χ3v) is 5.65. The zero-order valence-electron chi connectivity index (χ0n) is 17.1. The van der Waals surface area contributed by atoms with Gasteiger partial charge in [-0.15, -0.1) is 0 Å². The molecule has 0 unspecified atom stereocenters. The van der Waals surface area contributed by atoms with Crippen LogP contribution in [0, 0.1) is 5.92 Å². The van der Waals surface area contributed by atoms with Gasteiger partial charge in [0, 0.05) is 44.5 Å². The van der Waals surface area contributed by atoms with Crippen LogP contribution in [0.1, 0.15) is 38.5 Å². The maximum absolute atomic E-state index is 5.11. The number of rotatable bonds is 10. The van der Waals surface area contributed by atoms with E-state index in [1.807, 2.05) is 12.1 Å². The van der Waals surface area contributed by atoms with Crippen molar-refractivity contribution >= 4 is 11.8 Å². The molecule has 2 aromatic rings. The van der Waals surface area contributed by atoms with E-state index in [1.165, 1.54) is 12.8 Å². The Bertz CT molecular complexity index is 775. The lowest BCUT2D eigenvalue weighted by Crippen LogP contribution is -2.38. The first kappa shape index (κ1) is 20.0. The molecule has 156 valence electrons. The monoisotopic (exact) mass is 397 g/mol. The van der Waals surface area contributed by atoms with E-state index < -0.39 is 0 Å². The second kappa shape index (κ2) is 9.93. The molecule has 0 radical (unpaired) electrons. The smallest absolute Gasteiger partial charge is 0.223 e. The van der Waals surface area contributed by atoms with E-state index in [0.29, 0.717) is 18.0 Å². The quantitative estimate of drug-likeness (QED) is 0.527. The first-order chi connectivity index (χ1) is 14.3. The van der Waals surface area contributed by atoms with Crippen molar-refractivity contribution in [2.24, 2.45) is 5.92 Å². The highest BCUT2D eigenvalue weighted by atomic mass is 16.5. The van der Waals surface area contributed by atoms with Crippen LogP contribution < -0.4 is 16.0 Å². The van der Waals surface area contributed by atoms with Crippen LogP contribution in [0.5, 0.6) is 0 Å². The lowest BCUT2D eigenvalue weighted by atomic mass is 9.91. The summed E-state index contributed by atoms with van der Waals surface area (Å²) < 4.78 is 5.11. The lowest BCUT2D eigenvalue weighted by molar-refractivity contribution is 0.191. The average molecular weight is 398 g/mol. The fourth-order valence-corrected chi connectivity index (χ4v) is 3.73. The topological polar surface area (TPSA) is 96.9 Å². The summed E-state index contributed by atoms with van der Waals surface area (Å²) in [7, 11) is 1.74. The molecule has 0 aromatic carbocycles. The Morgan fingerprint density at radius 1 is 1.00 bits per heavy atom. The third-order valence-electron chi connectivity index (χ3n) is 5.65. The Hall–Kier alpha value is -2.32. The van der Waals surface area contributed by atoms with Gasteiger partial charge in [-0.2, -0.15) is 0 Å². The van der Waals surface area contributed by atoms with Crippen LogP contribution in [0.15, 0.2) is 24.7 Å². The van der Waals surface area contributed by atoms with Crippen molar-refractivity contribution in [1.82, 2.24) is 25.3 Å². The van der Waals surface area contributed by atoms with Gasteiger partial charge >= 0.3 is 0 Å². The molecule has 2 aliphatic rings. The van der Waals surface area contributed by atoms with E-state index >= 15 is 0 Å². The van der Waals surface area contributed by atoms with Crippen molar-refractivity contribution in [3.63, 3.8) is 0 Å². The molecule has 2 heterocycles. The van der Waals surface area contributed by atoms with Gasteiger partial charge in [0.2, 0.25) is 5.95 Å². The number of methoxy groups -OCH3 is 1. The molecule has 2 aromatic heterocycles. The maximum Gasteiger partial charge on any atom is 0.223 e. The number of aromatic nitrogens is 4. The molecule has 4 rings (SSSR count). The Morgan fingerprint density at radius 2 is 1.83 bits per heavy atom. The van der Waals surface area contributed by atoms with Crippen LogP contribution in [0.25, 0.3) is 11.4 Å². The molecular formula is C21H31N7O. The van der Waals surface area contributed by atoms with Crippen LogP contribution in [0.2, 0.25) is 0 Å². The van der Waals surface area contributed by atoms with Gasteiger partial charge in [-0.25, -0.2) is 19.9 Å². The van der Waals surface area contributed by atoms with Crippen LogP contribution in [0.4, 0.5) is 11.8 Å². The fourth-order valence-electron chi connectivity index (χ4n) is 3.73. The molecule has 8 nitrogen and oxygen atoms in total. The number of anilines is 2. The molecule has 0 amide bonds. The van der Waals surface area contributed by atoms with Crippen molar-refractivity contribution in [1.29, 1.82) is 0 Å². The van der Waals surface area contributed by atoms with Crippen molar-refractivity contribution < 1.29 is 4.74 Å². The van der Waals surface area contributed by atoms with E-state index in [4.69, 9.17) is 9.72 Å². The van der Waals surface area contributed by atoms with Gasteiger partial charge in [0.15, 0.2) is 0 Å². The predicted molar refractivity (Wildman–Crippen MR) is 114 cm³/mol. The predicted octanol–water partition coefficient (Wildman–Crippen LogP) is 2.71. The summed E-state index contributed by atoms with van der Waals surface area (Å²) in [6, 6.07) is 4.85. The van der Waals surface area contributed by atoms with Gasteiger partial charge in [-0.05, 0) is 50.5 Å². The van der Waals surface area contributed by atoms with Crippen molar-refractivity contribution in [2.75, 3.05) is 37.4 Å². The van der Waals surface area contributed by atoms with Gasteiger partial charge in [0.05, 0.1) is 18.0 Å². The van der Waals surface area contributed by atoms with E-state index in [0.717, 1.165) is 68.5 Å². The summed E-state index contributed by atoms with van der Waals surface area (Å²) in [5.41, 5.74) is 1.63. The highest BCUT2D eigenvalue weighted by molar-refractivity contribution is 5.59. The zero-order valence-corrected chi connectivity index (χ0v) is 17.1. The van der Waals surface area contributed by atoms with E-state index in [-0.39, 0.29) is 0 Å². The molecule has 0 bridgehead atoms. The largest absolute Gasteiger partial charge is 0.383 e. The van der Waals surface area contributed by atoms with Gasteiger partial charge in [0.25, 0.3) is 0 Å². The second-order valence-corrected chi connectivity index (χ2v) is 8.02. The third kappa shape index (κ3) is 6.08. The fraction of sp³-hybridized carbons (Fsp3) is 0.619. The van der Waals surface area contributed by atoms with E-state index in [9.17, 15) is 0 Å². The minimum atomic E-state index is 0.409. The van der Waals surface area contributed by atoms with Crippen LogP contribution in [-0.2, 0) is 4.74 Å². The molecule has 0 spiro atoms. The van der Waals surface area contributed by atoms with Crippen molar-refractivity contribution in [2.45, 2.75) is 50.6 Å². The molecule has 3 N–H and O–H groups in total. The molecule has 29 heavy (non-hydrogen) atoms. The molecular weight excluding hydrogens is 366 g/mol. The Labute approximate surface area is 172 Å². The molecule has 2 saturated carbocycles. The summed E-state index contributed by atoms with van der Waals surface area (Å²) >= 11 is 0. The first-order valence-corrected chi connectivity index (χ1v) is 10.7. The van der Waals surface area contributed by atoms with E-state index in [2.05, 4.69) is 30.9 Å². The standard InChI is InChI=1S/C21H31N7O/c1-29-11-10-22-16-4-6-17(7-5-16)27-21-23-9-8-18(28-21)19-12-20(26-14-25-19)24-13-15-2-3-15/h8-9,12,14-17,22H,2-7,10-11,13H2,1H3,(H,23,27,28)(H,24,25,26). The van der Waals surface area contributed by atoms with E-state index in [1.54, 1.807) is 19.6 Å². The van der Waals surface area contributed by atoms with Crippen LogP contribution in [0.3, 0.4) is 0 Å². The zero-order chi connectivity index (χ0) is 19.9. The second-order valence-electron chi connectivity index (χ2n) is 8.02. The lowest BCUT2D eigenvalue weighted by Gasteiger charge is -2.29. The van der Waals surface area contributed by atoms with Crippen molar-refractivity contribution in [3.05, 3.63) is 24.7 Å². The summed E-state index contributed by atoms with van der Waals surface area (Å²) in [4.78, 5) is 17.8. The molecule has 0 saturated heterocycles. The average Bonchev–Trinajstić information content (AvgIpc) is 3.59. The maximum atomic E-state index is 5.11. The highest BCUT2D eigenvalue weighted by Gasteiger charge is 2.22. The van der Waals surface area contributed by atoms with Gasteiger partial charge in [0.1, 0.15) is 12.1 Å².